The Morgan fingerprint density at radius 3 is 2.61 bits per heavy atom. The lowest BCUT2D eigenvalue weighted by Crippen LogP contribution is -2.44. The molecule has 1 aromatic rings. The number of ether oxygens (including phenoxy) is 1. The maximum atomic E-state index is 13.2. The van der Waals surface area contributed by atoms with Crippen LogP contribution in [0.2, 0.25) is 0 Å². The number of nitrogens with one attached hydrogen (secondary N) is 1. The lowest BCUT2D eigenvalue weighted by molar-refractivity contribution is 0.0500. The Morgan fingerprint density at radius 2 is 2.09 bits per heavy atom. The predicted octanol–water partition coefficient (Wildman–Crippen LogP) is 3.09. The van der Waals surface area contributed by atoms with Gasteiger partial charge >= 0.3 is 6.03 Å². The van der Waals surface area contributed by atoms with E-state index in [4.69, 9.17) is 4.74 Å². The summed E-state index contributed by atoms with van der Waals surface area (Å²) in [6.45, 7) is 4.32. The van der Waals surface area contributed by atoms with Crippen LogP contribution in [0.3, 0.4) is 0 Å². The zero-order valence-corrected chi connectivity index (χ0v) is 13.3. The summed E-state index contributed by atoms with van der Waals surface area (Å²) in [6.07, 6.45) is -2.72. The largest absolute Gasteiger partial charge is 0.485 e. The van der Waals surface area contributed by atoms with Gasteiger partial charge in [-0.2, -0.15) is 0 Å². The third kappa shape index (κ3) is 6.77. The summed E-state index contributed by atoms with van der Waals surface area (Å²) < 4.78 is 42.5. The van der Waals surface area contributed by atoms with Crippen LogP contribution in [-0.4, -0.2) is 47.8 Å². The van der Waals surface area contributed by atoms with Crippen LogP contribution >= 0.6 is 0 Å². The van der Waals surface area contributed by atoms with Crippen molar-refractivity contribution in [2.45, 2.75) is 32.8 Å². The van der Waals surface area contributed by atoms with E-state index in [1.807, 2.05) is 0 Å². The van der Waals surface area contributed by atoms with E-state index in [0.29, 0.717) is 6.54 Å². The van der Waals surface area contributed by atoms with Gasteiger partial charge in [0, 0.05) is 12.6 Å². The third-order valence-corrected chi connectivity index (χ3v) is 2.80. The van der Waals surface area contributed by atoms with Crippen molar-refractivity contribution in [2.24, 2.45) is 0 Å². The van der Waals surface area contributed by atoms with Crippen molar-refractivity contribution in [3.05, 3.63) is 24.0 Å². The number of urea groups is 1. The van der Waals surface area contributed by atoms with E-state index in [-0.39, 0.29) is 18.0 Å². The van der Waals surface area contributed by atoms with Gasteiger partial charge in [-0.1, -0.05) is 0 Å². The number of benzene rings is 1. The summed E-state index contributed by atoms with van der Waals surface area (Å²) in [5.74, 6) is -0.853. The molecule has 1 aromatic carbocycles. The van der Waals surface area contributed by atoms with E-state index in [9.17, 15) is 23.1 Å². The molecule has 0 spiro atoms. The summed E-state index contributed by atoms with van der Waals surface area (Å²) in [6, 6.07) is 2.68. The highest BCUT2D eigenvalue weighted by Gasteiger charge is 2.22. The molecule has 1 rings (SSSR count). The normalized spacial score (nSPS) is 11.5. The van der Waals surface area contributed by atoms with Crippen LogP contribution in [0.15, 0.2) is 18.2 Å². The Labute approximate surface area is 133 Å². The molecule has 0 saturated carbocycles. The van der Waals surface area contributed by atoms with E-state index in [1.165, 1.54) is 11.0 Å². The maximum Gasteiger partial charge on any atom is 0.322 e. The number of halogens is 3. The fourth-order valence-electron chi connectivity index (χ4n) is 1.86. The Morgan fingerprint density at radius 1 is 1.43 bits per heavy atom. The van der Waals surface area contributed by atoms with Crippen LogP contribution in [0.1, 0.15) is 20.8 Å². The van der Waals surface area contributed by atoms with E-state index in [2.05, 4.69) is 5.32 Å². The summed E-state index contributed by atoms with van der Waals surface area (Å²) in [5.41, 5.74) is -1.02. The second kappa shape index (κ2) is 8.05. The lowest BCUT2D eigenvalue weighted by atomic mass is 10.1. The van der Waals surface area contributed by atoms with Crippen LogP contribution < -0.4 is 10.1 Å². The predicted molar refractivity (Wildman–Crippen MR) is 80.5 cm³/mol. The molecule has 2 N–H and O–H groups in total. The number of anilines is 1. The van der Waals surface area contributed by atoms with Crippen LogP contribution in [0, 0.1) is 5.82 Å². The van der Waals surface area contributed by atoms with E-state index in [0.717, 1.165) is 12.1 Å². The van der Waals surface area contributed by atoms with Crippen molar-refractivity contribution in [1.29, 1.82) is 0 Å². The maximum absolute atomic E-state index is 13.2. The molecule has 0 aliphatic heterocycles. The molecule has 23 heavy (non-hydrogen) atoms. The first kappa shape index (κ1) is 19.1. The first-order chi connectivity index (χ1) is 10.6. The van der Waals surface area contributed by atoms with Gasteiger partial charge in [-0.15, -0.1) is 0 Å². The van der Waals surface area contributed by atoms with Gasteiger partial charge in [-0.05, 0) is 32.9 Å². The monoisotopic (exact) mass is 334 g/mol. The number of nitrogens with zero attached hydrogens (tertiary/aromatic N) is 1. The van der Waals surface area contributed by atoms with Crippen molar-refractivity contribution >= 4 is 11.7 Å². The van der Waals surface area contributed by atoms with Crippen LogP contribution in [-0.2, 0) is 0 Å². The zero-order valence-electron chi connectivity index (χ0n) is 13.3. The Kier molecular flexibility index (Phi) is 6.68. The standard InChI is InChI=1S/C15H21F3N2O3/c1-4-20(9-15(2,3)22)14(21)19-11-6-5-10(16)7-12(11)23-8-13(17)18/h5-7,13,22H,4,8-9H2,1-3H3,(H,19,21). The van der Waals surface area contributed by atoms with Crippen molar-refractivity contribution in [2.75, 3.05) is 25.0 Å². The highest BCUT2D eigenvalue weighted by atomic mass is 19.3. The fraction of sp³-hybridized carbons (Fsp3) is 0.533. The van der Waals surface area contributed by atoms with Gasteiger partial charge in [-0.3, -0.25) is 0 Å². The third-order valence-electron chi connectivity index (χ3n) is 2.80. The second-order valence-electron chi connectivity index (χ2n) is 5.60. The number of alkyl halides is 2. The van der Waals surface area contributed by atoms with Gasteiger partial charge in [0.05, 0.1) is 17.8 Å². The van der Waals surface area contributed by atoms with E-state index in [1.54, 1.807) is 20.8 Å². The topological polar surface area (TPSA) is 61.8 Å². The highest BCUT2D eigenvalue weighted by Crippen LogP contribution is 2.26. The summed E-state index contributed by atoms with van der Waals surface area (Å²) >= 11 is 0. The number of rotatable bonds is 7. The van der Waals surface area contributed by atoms with Gasteiger partial charge in [-0.25, -0.2) is 18.0 Å². The summed E-state index contributed by atoms with van der Waals surface area (Å²) in [5, 5.41) is 12.3. The quantitative estimate of drug-likeness (QED) is 0.805. The molecule has 2 amide bonds. The highest BCUT2D eigenvalue weighted by molar-refractivity contribution is 5.91. The zero-order chi connectivity index (χ0) is 17.6. The van der Waals surface area contributed by atoms with Crippen molar-refractivity contribution < 1.29 is 27.8 Å². The molecule has 0 heterocycles. The second-order valence-corrected chi connectivity index (χ2v) is 5.60. The molecule has 0 bridgehead atoms. The number of carbonyl (C=O) groups is 1. The van der Waals surface area contributed by atoms with Crippen molar-refractivity contribution in [3.8, 4) is 5.75 Å². The number of amides is 2. The molecular weight excluding hydrogens is 313 g/mol. The van der Waals surface area contributed by atoms with E-state index < -0.39 is 30.5 Å². The molecule has 0 aromatic heterocycles. The van der Waals surface area contributed by atoms with Gasteiger partial charge in [0.1, 0.15) is 18.2 Å². The van der Waals surface area contributed by atoms with Gasteiger partial charge < -0.3 is 20.1 Å². The minimum absolute atomic E-state index is 0.0732. The molecule has 0 unspecified atom stereocenters. The Balaban J connectivity index is 2.87. The van der Waals surface area contributed by atoms with Gasteiger partial charge in [0.2, 0.25) is 0 Å². The molecule has 0 saturated heterocycles. The number of hydrogen-bond acceptors (Lipinski definition) is 3. The molecule has 0 aliphatic carbocycles. The number of aliphatic hydroxyl groups is 1. The molecular formula is C15H21F3N2O3. The number of hydrogen-bond donors (Lipinski definition) is 2. The minimum Gasteiger partial charge on any atom is -0.485 e. The van der Waals surface area contributed by atoms with E-state index >= 15 is 0 Å². The molecule has 8 heteroatoms. The number of likely N-dealkylation sites (N-methyl/N-ethyl adjacent to an activating group) is 1. The van der Waals surface area contributed by atoms with Crippen LogP contribution in [0.4, 0.5) is 23.7 Å². The molecule has 0 fully saturated rings. The fourth-order valence-corrected chi connectivity index (χ4v) is 1.86. The SMILES string of the molecule is CCN(CC(C)(C)O)C(=O)Nc1ccc(F)cc1OCC(F)F. The average Bonchev–Trinajstić information content (AvgIpc) is 2.43. The first-order valence-electron chi connectivity index (χ1n) is 7.11. The van der Waals surface area contributed by atoms with Crippen LogP contribution in [0.5, 0.6) is 5.75 Å². The summed E-state index contributed by atoms with van der Waals surface area (Å²) in [4.78, 5) is 13.5. The molecule has 0 atom stereocenters. The van der Waals surface area contributed by atoms with Gasteiger partial charge in [0.25, 0.3) is 6.43 Å². The molecule has 0 radical (unpaired) electrons. The lowest BCUT2D eigenvalue weighted by Gasteiger charge is -2.28. The smallest absolute Gasteiger partial charge is 0.322 e. The Bertz CT molecular complexity index is 533. The average molecular weight is 334 g/mol. The van der Waals surface area contributed by atoms with Crippen molar-refractivity contribution in [3.63, 3.8) is 0 Å². The molecule has 0 aliphatic rings. The first-order valence-corrected chi connectivity index (χ1v) is 7.11. The molecule has 5 nitrogen and oxygen atoms in total. The van der Waals surface area contributed by atoms with Crippen molar-refractivity contribution in [1.82, 2.24) is 4.90 Å². The minimum atomic E-state index is -2.72. The molecule has 130 valence electrons. The Hall–Kier alpha value is -1.96. The summed E-state index contributed by atoms with van der Waals surface area (Å²) in [7, 11) is 0. The number of carbonyl (C=O) groups excluding carboxylic acids is 1. The van der Waals surface area contributed by atoms with Crippen LogP contribution in [0.25, 0.3) is 0 Å². The van der Waals surface area contributed by atoms with Gasteiger partial charge in [0.15, 0.2) is 0 Å².